The third kappa shape index (κ3) is 5.21. The van der Waals surface area contributed by atoms with E-state index in [4.69, 9.17) is 5.11 Å². The highest BCUT2D eigenvalue weighted by Crippen LogP contribution is 2.35. The number of aliphatic hydroxyl groups excluding tert-OH is 1. The standard InChI is InChI=1S/C26H32N2O3S/c1-19(25-11-5-7-21-6-2-3-10-26(21)25)28-23-9-4-8-22(18-23)20-12-14-24(15-13-20)32(30,31)27-16-17-29/h2-3,5-7,10-15,19,22-23,27-29H,4,8-9,16-18H2,1H3. The van der Waals surface area contributed by atoms with Crippen molar-refractivity contribution < 1.29 is 13.5 Å². The molecule has 170 valence electrons. The van der Waals surface area contributed by atoms with Crippen molar-refractivity contribution in [2.75, 3.05) is 13.2 Å². The molecule has 1 saturated carbocycles. The third-order valence-corrected chi connectivity index (χ3v) is 7.99. The van der Waals surface area contributed by atoms with Gasteiger partial charge < -0.3 is 10.4 Å². The summed E-state index contributed by atoms with van der Waals surface area (Å²) >= 11 is 0. The molecule has 0 saturated heterocycles. The molecule has 0 amide bonds. The Bertz CT molecular complexity index is 1140. The lowest BCUT2D eigenvalue weighted by molar-refractivity contribution is 0.301. The average Bonchev–Trinajstić information content (AvgIpc) is 2.82. The minimum absolute atomic E-state index is 0.0228. The van der Waals surface area contributed by atoms with Crippen LogP contribution in [0.15, 0.2) is 71.6 Å². The van der Waals surface area contributed by atoms with Crippen LogP contribution in [0, 0.1) is 0 Å². The number of nitrogens with one attached hydrogen (secondary N) is 2. The lowest BCUT2D eigenvalue weighted by Gasteiger charge is -2.32. The molecule has 0 aromatic heterocycles. The Hall–Kier alpha value is -2.25. The third-order valence-electron chi connectivity index (χ3n) is 6.52. The number of aliphatic hydroxyl groups is 1. The molecule has 32 heavy (non-hydrogen) atoms. The molecule has 1 fully saturated rings. The maximum absolute atomic E-state index is 12.2. The van der Waals surface area contributed by atoms with Gasteiger partial charge in [0.25, 0.3) is 0 Å². The number of rotatable bonds is 8. The molecule has 5 nitrogen and oxygen atoms in total. The van der Waals surface area contributed by atoms with Crippen molar-refractivity contribution in [2.24, 2.45) is 0 Å². The number of hydrogen-bond donors (Lipinski definition) is 3. The molecule has 1 aliphatic rings. The molecule has 0 bridgehead atoms. The summed E-state index contributed by atoms with van der Waals surface area (Å²) in [6.07, 6.45) is 4.48. The highest BCUT2D eigenvalue weighted by molar-refractivity contribution is 7.89. The van der Waals surface area contributed by atoms with Crippen LogP contribution in [0.5, 0.6) is 0 Å². The second-order valence-electron chi connectivity index (χ2n) is 8.71. The van der Waals surface area contributed by atoms with Crippen molar-refractivity contribution in [1.82, 2.24) is 10.0 Å². The first-order valence-corrected chi connectivity index (χ1v) is 12.9. The van der Waals surface area contributed by atoms with Gasteiger partial charge in [-0.3, -0.25) is 0 Å². The summed E-state index contributed by atoms with van der Waals surface area (Å²) in [4.78, 5) is 0.241. The van der Waals surface area contributed by atoms with E-state index >= 15 is 0 Å². The first kappa shape index (κ1) is 22.9. The van der Waals surface area contributed by atoms with E-state index in [1.165, 1.54) is 21.9 Å². The Balaban J connectivity index is 1.43. The molecule has 4 rings (SSSR count). The van der Waals surface area contributed by atoms with Crippen LogP contribution in [0.3, 0.4) is 0 Å². The van der Waals surface area contributed by atoms with Gasteiger partial charge in [-0.05, 0) is 66.1 Å². The van der Waals surface area contributed by atoms with Gasteiger partial charge in [-0.15, -0.1) is 0 Å². The van der Waals surface area contributed by atoms with Gasteiger partial charge in [-0.2, -0.15) is 0 Å². The monoisotopic (exact) mass is 452 g/mol. The lowest BCUT2D eigenvalue weighted by Crippen LogP contribution is -2.35. The Morgan fingerprint density at radius 3 is 2.53 bits per heavy atom. The van der Waals surface area contributed by atoms with E-state index in [0.29, 0.717) is 12.0 Å². The predicted octanol–water partition coefficient (Wildman–Crippen LogP) is 4.49. The molecule has 3 atom stereocenters. The van der Waals surface area contributed by atoms with Crippen LogP contribution in [0.4, 0.5) is 0 Å². The maximum atomic E-state index is 12.2. The zero-order chi connectivity index (χ0) is 22.6. The van der Waals surface area contributed by atoms with Crippen molar-refractivity contribution in [3.8, 4) is 0 Å². The van der Waals surface area contributed by atoms with Crippen LogP contribution in [0.2, 0.25) is 0 Å². The second-order valence-corrected chi connectivity index (χ2v) is 10.5. The Kier molecular flexibility index (Phi) is 7.26. The van der Waals surface area contributed by atoms with Crippen LogP contribution in [0.25, 0.3) is 10.8 Å². The largest absolute Gasteiger partial charge is 0.395 e. The highest BCUT2D eigenvalue weighted by Gasteiger charge is 2.25. The van der Waals surface area contributed by atoms with E-state index in [1.807, 2.05) is 12.1 Å². The summed E-state index contributed by atoms with van der Waals surface area (Å²) in [5.74, 6) is 0.420. The van der Waals surface area contributed by atoms with Gasteiger partial charge in [0.05, 0.1) is 11.5 Å². The van der Waals surface area contributed by atoms with Crippen molar-refractivity contribution in [1.29, 1.82) is 0 Å². The van der Waals surface area contributed by atoms with E-state index in [2.05, 4.69) is 59.4 Å². The van der Waals surface area contributed by atoms with E-state index in [-0.39, 0.29) is 24.1 Å². The molecule has 0 heterocycles. The lowest BCUT2D eigenvalue weighted by atomic mass is 9.81. The minimum atomic E-state index is -3.57. The Morgan fingerprint density at radius 2 is 1.75 bits per heavy atom. The van der Waals surface area contributed by atoms with Crippen LogP contribution in [-0.4, -0.2) is 32.7 Å². The Labute approximate surface area is 190 Å². The second kappa shape index (κ2) is 10.1. The van der Waals surface area contributed by atoms with Gasteiger partial charge in [-0.1, -0.05) is 61.0 Å². The molecule has 3 aromatic rings. The number of sulfonamides is 1. The topological polar surface area (TPSA) is 78.4 Å². The molecule has 0 aliphatic heterocycles. The zero-order valence-corrected chi connectivity index (χ0v) is 19.3. The van der Waals surface area contributed by atoms with Gasteiger partial charge >= 0.3 is 0 Å². The molecule has 6 heteroatoms. The quantitative estimate of drug-likeness (QED) is 0.471. The summed E-state index contributed by atoms with van der Waals surface area (Å²) in [5.41, 5.74) is 2.52. The number of benzene rings is 3. The van der Waals surface area contributed by atoms with Crippen LogP contribution in [-0.2, 0) is 10.0 Å². The van der Waals surface area contributed by atoms with Crippen molar-refractivity contribution in [2.45, 2.75) is 55.5 Å². The zero-order valence-electron chi connectivity index (χ0n) is 18.5. The fraction of sp³-hybridized carbons (Fsp3) is 0.385. The summed E-state index contributed by atoms with van der Waals surface area (Å²) < 4.78 is 26.9. The summed E-state index contributed by atoms with van der Waals surface area (Å²) in [7, 11) is -3.57. The fourth-order valence-corrected chi connectivity index (χ4v) is 5.92. The number of hydrogen-bond acceptors (Lipinski definition) is 4. The van der Waals surface area contributed by atoms with Crippen LogP contribution in [0.1, 0.15) is 55.7 Å². The smallest absolute Gasteiger partial charge is 0.240 e. The summed E-state index contributed by atoms with van der Waals surface area (Å²) in [6, 6.07) is 22.9. The molecule has 3 aromatic carbocycles. The van der Waals surface area contributed by atoms with Crippen LogP contribution < -0.4 is 10.0 Å². The first-order chi connectivity index (χ1) is 15.5. The van der Waals surface area contributed by atoms with Gasteiger partial charge in [0.1, 0.15) is 0 Å². The molecular formula is C26H32N2O3S. The maximum Gasteiger partial charge on any atom is 0.240 e. The summed E-state index contributed by atoms with van der Waals surface area (Å²) in [6.45, 7) is 2.05. The normalized spacial score (nSPS) is 20.3. The van der Waals surface area contributed by atoms with Crippen LogP contribution >= 0.6 is 0 Å². The predicted molar refractivity (Wildman–Crippen MR) is 129 cm³/mol. The van der Waals surface area contributed by atoms with E-state index < -0.39 is 10.0 Å². The molecule has 1 aliphatic carbocycles. The van der Waals surface area contributed by atoms with Gasteiger partial charge in [0, 0.05) is 18.6 Å². The van der Waals surface area contributed by atoms with Crippen molar-refractivity contribution in [3.63, 3.8) is 0 Å². The van der Waals surface area contributed by atoms with E-state index in [0.717, 1.165) is 25.7 Å². The van der Waals surface area contributed by atoms with Crippen molar-refractivity contribution in [3.05, 3.63) is 77.9 Å². The number of fused-ring (bicyclic) bond motifs is 1. The van der Waals surface area contributed by atoms with E-state index in [9.17, 15) is 8.42 Å². The fourth-order valence-electron chi connectivity index (χ4n) is 4.90. The SMILES string of the molecule is CC(NC1CCCC(c2ccc(S(=O)(=O)NCCO)cc2)C1)c1cccc2ccccc12. The molecule has 0 radical (unpaired) electrons. The van der Waals surface area contributed by atoms with E-state index in [1.54, 1.807) is 12.1 Å². The van der Waals surface area contributed by atoms with Gasteiger partial charge in [0.2, 0.25) is 10.0 Å². The summed E-state index contributed by atoms with van der Waals surface area (Å²) in [5, 5.41) is 15.3. The average molecular weight is 453 g/mol. The molecule has 0 spiro atoms. The Morgan fingerprint density at radius 1 is 1.00 bits per heavy atom. The van der Waals surface area contributed by atoms with Gasteiger partial charge in [-0.25, -0.2) is 13.1 Å². The molecule has 3 unspecified atom stereocenters. The molecular weight excluding hydrogens is 420 g/mol. The minimum Gasteiger partial charge on any atom is -0.395 e. The first-order valence-electron chi connectivity index (χ1n) is 11.4. The highest BCUT2D eigenvalue weighted by atomic mass is 32.2. The van der Waals surface area contributed by atoms with Gasteiger partial charge in [0.15, 0.2) is 0 Å². The van der Waals surface area contributed by atoms with Crippen molar-refractivity contribution >= 4 is 20.8 Å². The molecule has 3 N–H and O–H groups in total.